The number of hydrogen-bond donors (Lipinski definition) is 0. The van der Waals surface area contributed by atoms with Crippen LogP contribution in [-0.2, 0) is 0 Å². The Morgan fingerprint density at radius 2 is 1.50 bits per heavy atom. The van der Waals surface area contributed by atoms with Gasteiger partial charge in [-0.1, -0.05) is 53.4 Å². The van der Waals surface area contributed by atoms with Crippen LogP contribution in [0.25, 0.3) is 0 Å². The predicted molar refractivity (Wildman–Crippen MR) is 48.1 cm³/mol. The van der Waals surface area contributed by atoms with E-state index in [4.69, 9.17) is 0 Å². The second-order valence-electron chi connectivity index (χ2n) is 3.34. The van der Waals surface area contributed by atoms with Crippen molar-refractivity contribution in [2.75, 3.05) is 0 Å². The first-order valence-electron chi connectivity index (χ1n) is 4.76. The van der Waals surface area contributed by atoms with E-state index in [0.29, 0.717) is 0 Å². The molecule has 62 valence electrons. The summed E-state index contributed by atoms with van der Waals surface area (Å²) < 4.78 is 0. The van der Waals surface area contributed by atoms with Crippen LogP contribution in [0.5, 0.6) is 0 Å². The molecule has 0 aliphatic carbocycles. The van der Waals surface area contributed by atoms with Gasteiger partial charge in [-0.05, 0) is 11.8 Å². The molecule has 0 saturated heterocycles. The molecule has 0 aliphatic heterocycles. The van der Waals surface area contributed by atoms with E-state index >= 15 is 0 Å². The zero-order valence-corrected chi connectivity index (χ0v) is 7.98. The highest BCUT2D eigenvalue weighted by Gasteiger charge is 2.11. The first-order valence-corrected chi connectivity index (χ1v) is 4.76. The Labute approximate surface area is 66.0 Å². The first-order chi connectivity index (χ1) is 4.76. The van der Waals surface area contributed by atoms with Crippen LogP contribution in [0, 0.1) is 11.8 Å². The van der Waals surface area contributed by atoms with E-state index in [-0.39, 0.29) is 0 Å². The van der Waals surface area contributed by atoms with Crippen molar-refractivity contribution >= 4 is 0 Å². The fraction of sp³-hybridized carbons (Fsp3) is 1.00. The largest absolute Gasteiger partial charge is 0.0654 e. The normalized spacial score (nSPS) is 14.1. The summed E-state index contributed by atoms with van der Waals surface area (Å²) in [5.74, 6) is 1.92. The second kappa shape index (κ2) is 5.76. The highest BCUT2D eigenvalue weighted by molar-refractivity contribution is 4.62. The Balaban J connectivity index is 3.53. The van der Waals surface area contributed by atoms with E-state index < -0.39 is 0 Å². The van der Waals surface area contributed by atoms with Crippen molar-refractivity contribution in [2.45, 2.75) is 53.4 Å². The molecule has 0 saturated carbocycles. The van der Waals surface area contributed by atoms with Crippen LogP contribution in [0.15, 0.2) is 0 Å². The standard InChI is InChI=1S/C10H22/c1-5-8-9(4)10(6-2)7-3/h9-10H,5-8H2,1-4H3/t9-/m0/s1. The summed E-state index contributed by atoms with van der Waals surface area (Å²) in [6, 6.07) is 0. The van der Waals surface area contributed by atoms with E-state index in [0.717, 1.165) is 11.8 Å². The van der Waals surface area contributed by atoms with E-state index in [9.17, 15) is 0 Å². The van der Waals surface area contributed by atoms with Crippen LogP contribution in [0.2, 0.25) is 0 Å². The highest BCUT2D eigenvalue weighted by Crippen LogP contribution is 2.22. The minimum Gasteiger partial charge on any atom is -0.0654 e. The van der Waals surface area contributed by atoms with Gasteiger partial charge in [0, 0.05) is 0 Å². The molecule has 0 rings (SSSR count). The van der Waals surface area contributed by atoms with Gasteiger partial charge in [0.05, 0.1) is 0 Å². The zero-order chi connectivity index (χ0) is 7.98. The third kappa shape index (κ3) is 3.24. The second-order valence-corrected chi connectivity index (χ2v) is 3.34. The summed E-state index contributed by atoms with van der Waals surface area (Å²) in [4.78, 5) is 0. The topological polar surface area (TPSA) is 0 Å². The SMILES string of the molecule is CCC[C@H](C)C(CC)CC. The lowest BCUT2D eigenvalue weighted by atomic mass is 9.86. The van der Waals surface area contributed by atoms with Crippen LogP contribution in [-0.4, -0.2) is 0 Å². The molecular formula is C10H22. The molecule has 0 unspecified atom stereocenters. The van der Waals surface area contributed by atoms with Gasteiger partial charge in [-0.3, -0.25) is 0 Å². The fourth-order valence-electron chi connectivity index (χ4n) is 1.78. The van der Waals surface area contributed by atoms with Crippen LogP contribution in [0.4, 0.5) is 0 Å². The van der Waals surface area contributed by atoms with Gasteiger partial charge < -0.3 is 0 Å². The molecule has 0 bridgehead atoms. The molecule has 0 amide bonds. The van der Waals surface area contributed by atoms with Gasteiger partial charge in [0.25, 0.3) is 0 Å². The van der Waals surface area contributed by atoms with Gasteiger partial charge in [-0.15, -0.1) is 0 Å². The van der Waals surface area contributed by atoms with Crippen molar-refractivity contribution in [1.29, 1.82) is 0 Å². The molecule has 0 aliphatic rings. The molecule has 0 fully saturated rings. The smallest absolute Gasteiger partial charge is 0.0394 e. The molecule has 0 nitrogen and oxygen atoms in total. The minimum atomic E-state index is 0.944. The van der Waals surface area contributed by atoms with Gasteiger partial charge >= 0.3 is 0 Å². The molecule has 0 aromatic carbocycles. The quantitative estimate of drug-likeness (QED) is 0.547. The lowest BCUT2D eigenvalue weighted by Crippen LogP contribution is -2.08. The monoisotopic (exact) mass is 142 g/mol. The van der Waals surface area contributed by atoms with Gasteiger partial charge in [0.15, 0.2) is 0 Å². The molecule has 0 spiro atoms. The molecule has 0 aromatic rings. The lowest BCUT2D eigenvalue weighted by Gasteiger charge is -2.19. The van der Waals surface area contributed by atoms with Gasteiger partial charge in [-0.25, -0.2) is 0 Å². The van der Waals surface area contributed by atoms with E-state index in [2.05, 4.69) is 27.7 Å². The van der Waals surface area contributed by atoms with Gasteiger partial charge in [0.2, 0.25) is 0 Å². The maximum absolute atomic E-state index is 2.39. The summed E-state index contributed by atoms with van der Waals surface area (Å²) in [5, 5.41) is 0. The predicted octanol–water partition coefficient (Wildman–Crippen LogP) is 3.86. The molecule has 0 N–H and O–H groups in total. The molecule has 0 radical (unpaired) electrons. The van der Waals surface area contributed by atoms with Crippen LogP contribution in [0.3, 0.4) is 0 Å². The maximum Gasteiger partial charge on any atom is -0.0394 e. The zero-order valence-electron chi connectivity index (χ0n) is 7.98. The summed E-state index contributed by atoms with van der Waals surface area (Å²) in [6.45, 7) is 9.28. The average molecular weight is 142 g/mol. The average Bonchev–Trinajstić information content (AvgIpc) is 1.91. The number of hydrogen-bond acceptors (Lipinski definition) is 0. The molecule has 0 heteroatoms. The molecule has 0 aromatic heterocycles. The molecule has 1 atom stereocenters. The van der Waals surface area contributed by atoms with Gasteiger partial charge in [-0.2, -0.15) is 0 Å². The fourth-order valence-corrected chi connectivity index (χ4v) is 1.78. The van der Waals surface area contributed by atoms with E-state index in [1.165, 1.54) is 25.7 Å². The Morgan fingerprint density at radius 3 is 1.80 bits per heavy atom. The summed E-state index contributed by atoms with van der Waals surface area (Å²) in [5.41, 5.74) is 0. The third-order valence-electron chi connectivity index (χ3n) is 2.60. The highest BCUT2D eigenvalue weighted by atomic mass is 14.2. The molecule has 10 heavy (non-hydrogen) atoms. The Bertz CT molecular complexity index is 62.4. The van der Waals surface area contributed by atoms with Crippen LogP contribution < -0.4 is 0 Å². The molecule has 0 heterocycles. The summed E-state index contributed by atoms with van der Waals surface area (Å²) in [7, 11) is 0. The first kappa shape index (κ1) is 10.0. The third-order valence-corrected chi connectivity index (χ3v) is 2.60. The van der Waals surface area contributed by atoms with Crippen molar-refractivity contribution in [3.8, 4) is 0 Å². The lowest BCUT2D eigenvalue weighted by molar-refractivity contribution is 0.316. The summed E-state index contributed by atoms with van der Waals surface area (Å²) >= 11 is 0. The van der Waals surface area contributed by atoms with Gasteiger partial charge in [0.1, 0.15) is 0 Å². The van der Waals surface area contributed by atoms with Crippen LogP contribution >= 0.6 is 0 Å². The van der Waals surface area contributed by atoms with Crippen molar-refractivity contribution in [3.63, 3.8) is 0 Å². The Hall–Kier alpha value is 0. The molecular weight excluding hydrogens is 120 g/mol. The van der Waals surface area contributed by atoms with Crippen molar-refractivity contribution in [1.82, 2.24) is 0 Å². The minimum absolute atomic E-state index is 0.944. The van der Waals surface area contributed by atoms with Crippen LogP contribution in [0.1, 0.15) is 53.4 Å². The Morgan fingerprint density at radius 1 is 1.00 bits per heavy atom. The number of rotatable bonds is 5. The van der Waals surface area contributed by atoms with Crippen molar-refractivity contribution in [2.24, 2.45) is 11.8 Å². The van der Waals surface area contributed by atoms with E-state index in [1.54, 1.807) is 0 Å². The van der Waals surface area contributed by atoms with Crippen molar-refractivity contribution in [3.05, 3.63) is 0 Å². The maximum atomic E-state index is 2.39. The van der Waals surface area contributed by atoms with E-state index in [1.807, 2.05) is 0 Å². The van der Waals surface area contributed by atoms with Crippen molar-refractivity contribution < 1.29 is 0 Å². The Kier molecular flexibility index (Phi) is 5.76. The summed E-state index contributed by atoms with van der Waals surface area (Å²) in [6.07, 6.45) is 5.47.